The molecule has 0 saturated carbocycles. The number of halogens is 1. The van der Waals surface area contributed by atoms with E-state index in [1.165, 1.54) is 0 Å². The van der Waals surface area contributed by atoms with Gasteiger partial charge >= 0.3 is 0 Å². The Morgan fingerprint density at radius 1 is 1.29 bits per heavy atom. The average molecular weight is 353 g/mol. The van der Waals surface area contributed by atoms with Gasteiger partial charge in [0.1, 0.15) is 5.75 Å². The summed E-state index contributed by atoms with van der Waals surface area (Å²) in [5.41, 5.74) is 2.21. The number of amides is 2. The van der Waals surface area contributed by atoms with Crippen molar-refractivity contribution in [3.05, 3.63) is 29.3 Å². The quantitative estimate of drug-likeness (QED) is 0.800. The van der Waals surface area contributed by atoms with Crippen LogP contribution in [0.4, 0.5) is 0 Å². The second kappa shape index (κ2) is 8.92. The standard InChI is InChI=1S/C18H25ClN2O3/c1-13-4-3-5-16(14(13)2)24-12-18(23)21-10-7-15(8-11-21)20-17(22)6-9-19/h3-5,15H,6-12H2,1-2H3,(H,20,22). The monoisotopic (exact) mass is 352 g/mol. The fourth-order valence-corrected chi connectivity index (χ4v) is 2.94. The van der Waals surface area contributed by atoms with Gasteiger partial charge in [0.25, 0.3) is 5.91 Å². The lowest BCUT2D eigenvalue weighted by molar-refractivity contribution is -0.134. The number of likely N-dealkylation sites (tertiary alicyclic amines) is 1. The smallest absolute Gasteiger partial charge is 0.260 e. The van der Waals surface area contributed by atoms with Crippen molar-refractivity contribution in [3.8, 4) is 5.75 Å². The molecular weight excluding hydrogens is 328 g/mol. The van der Waals surface area contributed by atoms with Crippen LogP contribution in [-0.4, -0.2) is 48.3 Å². The van der Waals surface area contributed by atoms with Gasteiger partial charge in [0.2, 0.25) is 5.91 Å². The number of hydrogen-bond acceptors (Lipinski definition) is 3. The third-order valence-electron chi connectivity index (χ3n) is 4.44. The van der Waals surface area contributed by atoms with Crippen molar-refractivity contribution in [2.75, 3.05) is 25.6 Å². The second-order valence-electron chi connectivity index (χ2n) is 6.15. The summed E-state index contributed by atoms with van der Waals surface area (Å²) in [6, 6.07) is 5.96. The second-order valence-corrected chi connectivity index (χ2v) is 6.53. The summed E-state index contributed by atoms with van der Waals surface area (Å²) in [6.45, 7) is 5.34. The normalized spacial score (nSPS) is 15.2. The zero-order chi connectivity index (χ0) is 17.5. The Balaban J connectivity index is 1.76. The van der Waals surface area contributed by atoms with Crippen LogP contribution in [-0.2, 0) is 9.59 Å². The SMILES string of the molecule is Cc1cccc(OCC(=O)N2CCC(NC(=O)CCCl)CC2)c1C. The van der Waals surface area contributed by atoms with Gasteiger partial charge in [0.05, 0.1) is 0 Å². The lowest BCUT2D eigenvalue weighted by Gasteiger charge is -2.32. The number of carbonyl (C=O) groups excluding carboxylic acids is 2. The number of nitrogens with one attached hydrogen (secondary N) is 1. The molecule has 1 aromatic carbocycles. The lowest BCUT2D eigenvalue weighted by Crippen LogP contribution is -2.47. The van der Waals surface area contributed by atoms with E-state index in [1.807, 2.05) is 32.0 Å². The summed E-state index contributed by atoms with van der Waals surface area (Å²) >= 11 is 5.56. The van der Waals surface area contributed by atoms with Crippen molar-refractivity contribution in [1.29, 1.82) is 0 Å². The van der Waals surface area contributed by atoms with Crippen LogP contribution in [0.1, 0.15) is 30.4 Å². The minimum absolute atomic E-state index is 0.0126. The van der Waals surface area contributed by atoms with Gasteiger partial charge in [-0.2, -0.15) is 0 Å². The highest BCUT2D eigenvalue weighted by molar-refractivity contribution is 6.18. The van der Waals surface area contributed by atoms with E-state index in [4.69, 9.17) is 16.3 Å². The highest BCUT2D eigenvalue weighted by Gasteiger charge is 2.24. The number of aryl methyl sites for hydroxylation is 1. The molecule has 0 spiro atoms. The molecule has 0 radical (unpaired) electrons. The van der Waals surface area contributed by atoms with E-state index in [1.54, 1.807) is 4.90 Å². The summed E-state index contributed by atoms with van der Waals surface area (Å²) in [6.07, 6.45) is 1.87. The van der Waals surface area contributed by atoms with Crippen LogP contribution in [0.15, 0.2) is 18.2 Å². The van der Waals surface area contributed by atoms with Gasteiger partial charge in [-0.1, -0.05) is 12.1 Å². The minimum atomic E-state index is -0.0203. The van der Waals surface area contributed by atoms with Gasteiger partial charge in [-0.3, -0.25) is 9.59 Å². The number of hydrogen-bond donors (Lipinski definition) is 1. The van der Waals surface area contributed by atoms with Crippen molar-refractivity contribution in [2.45, 2.75) is 39.2 Å². The van der Waals surface area contributed by atoms with Gasteiger partial charge in [0.15, 0.2) is 6.61 Å². The third kappa shape index (κ3) is 5.13. The zero-order valence-corrected chi connectivity index (χ0v) is 15.1. The van der Waals surface area contributed by atoms with E-state index >= 15 is 0 Å². The van der Waals surface area contributed by atoms with Crippen LogP contribution in [0.2, 0.25) is 0 Å². The molecule has 5 nitrogen and oxygen atoms in total. The largest absolute Gasteiger partial charge is 0.483 e. The van der Waals surface area contributed by atoms with E-state index in [2.05, 4.69) is 5.32 Å². The molecule has 0 bridgehead atoms. The number of ether oxygens (including phenoxy) is 1. The Labute approximate surface area is 148 Å². The maximum Gasteiger partial charge on any atom is 0.260 e. The molecule has 1 heterocycles. The first kappa shape index (κ1) is 18.6. The van der Waals surface area contributed by atoms with Crippen LogP contribution in [0.3, 0.4) is 0 Å². The van der Waals surface area contributed by atoms with Crippen LogP contribution in [0, 0.1) is 13.8 Å². The molecule has 0 unspecified atom stereocenters. The zero-order valence-electron chi connectivity index (χ0n) is 14.3. The van der Waals surface area contributed by atoms with E-state index in [-0.39, 0.29) is 24.5 Å². The maximum atomic E-state index is 12.3. The lowest BCUT2D eigenvalue weighted by atomic mass is 10.0. The van der Waals surface area contributed by atoms with E-state index in [0.29, 0.717) is 25.4 Å². The maximum absolute atomic E-state index is 12.3. The van der Waals surface area contributed by atoms with Crippen LogP contribution in [0.5, 0.6) is 5.75 Å². The molecule has 0 aliphatic carbocycles. The van der Waals surface area contributed by atoms with Crippen molar-refractivity contribution >= 4 is 23.4 Å². The van der Waals surface area contributed by atoms with Crippen molar-refractivity contribution in [2.24, 2.45) is 0 Å². The first-order valence-corrected chi connectivity index (χ1v) is 8.87. The topological polar surface area (TPSA) is 58.6 Å². The van der Waals surface area contributed by atoms with Crippen LogP contribution >= 0.6 is 11.6 Å². The molecule has 2 amide bonds. The van der Waals surface area contributed by atoms with Crippen molar-refractivity contribution < 1.29 is 14.3 Å². The van der Waals surface area contributed by atoms with Crippen molar-refractivity contribution in [1.82, 2.24) is 10.2 Å². The first-order chi connectivity index (χ1) is 11.5. The number of benzene rings is 1. The predicted octanol–water partition coefficient (Wildman–Crippen LogP) is 2.42. The Morgan fingerprint density at radius 2 is 2.00 bits per heavy atom. The predicted molar refractivity (Wildman–Crippen MR) is 94.5 cm³/mol. The van der Waals surface area contributed by atoms with Gasteiger partial charge < -0.3 is 15.0 Å². The highest BCUT2D eigenvalue weighted by atomic mass is 35.5. The molecule has 2 rings (SSSR count). The Bertz CT molecular complexity index is 584. The Morgan fingerprint density at radius 3 is 2.67 bits per heavy atom. The highest BCUT2D eigenvalue weighted by Crippen LogP contribution is 2.20. The molecule has 1 aliphatic heterocycles. The first-order valence-electron chi connectivity index (χ1n) is 8.33. The number of piperidine rings is 1. The molecule has 1 N–H and O–H groups in total. The molecule has 0 aromatic heterocycles. The molecule has 1 saturated heterocycles. The number of alkyl halides is 1. The number of nitrogens with zero attached hydrogens (tertiary/aromatic N) is 1. The van der Waals surface area contributed by atoms with Crippen molar-refractivity contribution in [3.63, 3.8) is 0 Å². The summed E-state index contributed by atoms with van der Waals surface area (Å²) < 4.78 is 5.68. The van der Waals surface area contributed by atoms with E-state index in [9.17, 15) is 9.59 Å². The summed E-state index contributed by atoms with van der Waals surface area (Å²) in [4.78, 5) is 25.6. The summed E-state index contributed by atoms with van der Waals surface area (Å²) in [7, 11) is 0. The Kier molecular flexibility index (Phi) is 6.91. The number of rotatable bonds is 6. The van der Waals surface area contributed by atoms with Gasteiger partial charge in [-0.05, 0) is 43.9 Å². The summed E-state index contributed by atoms with van der Waals surface area (Å²) in [5, 5.41) is 2.96. The molecule has 24 heavy (non-hydrogen) atoms. The third-order valence-corrected chi connectivity index (χ3v) is 4.63. The molecular formula is C18H25ClN2O3. The van der Waals surface area contributed by atoms with Gasteiger partial charge in [0, 0.05) is 31.4 Å². The molecule has 1 aliphatic rings. The molecule has 0 atom stereocenters. The molecule has 132 valence electrons. The Hall–Kier alpha value is -1.75. The molecule has 1 fully saturated rings. The van der Waals surface area contributed by atoms with E-state index < -0.39 is 0 Å². The molecule has 6 heteroatoms. The average Bonchev–Trinajstić information content (AvgIpc) is 2.57. The number of carbonyl (C=O) groups is 2. The fraction of sp³-hybridized carbons (Fsp3) is 0.556. The fourth-order valence-electron chi connectivity index (χ4n) is 2.77. The minimum Gasteiger partial charge on any atom is -0.483 e. The van der Waals surface area contributed by atoms with Crippen LogP contribution < -0.4 is 10.1 Å². The van der Waals surface area contributed by atoms with Gasteiger partial charge in [-0.25, -0.2) is 0 Å². The van der Waals surface area contributed by atoms with Crippen LogP contribution in [0.25, 0.3) is 0 Å². The molecule has 1 aromatic rings. The van der Waals surface area contributed by atoms with Gasteiger partial charge in [-0.15, -0.1) is 11.6 Å². The van der Waals surface area contributed by atoms with E-state index in [0.717, 1.165) is 29.7 Å². The summed E-state index contributed by atoms with van der Waals surface area (Å²) in [5.74, 6) is 1.06.